The van der Waals surface area contributed by atoms with Gasteiger partial charge in [-0.2, -0.15) is 10.3 Å². The minimum Gasteiger partial charge on any atom is -0.344 e. The summed E-state index contributed by atoms with van der Waals surface area (Å²) >= 11 is 0. The smallest absolute Gasteiger partial charge is 0.255 e. The molecule has 0 unspecified atom stereocenters. The molecule has 0 radical (unpaired) electrons. The van der Waals surface area contributed by atoms with E-state index in [1.807, 2.05) is 19.9 Å². The Kier molecular flexibility index (Phi) is 2.86. The molecule has 0 aliphatic heterocycles. The Morgan fingerprint density at radius 2 is 2.30 bits per heavy atom. The lowest BCUT2D eigenvalue weighted by atomic mass is 10.2. The molecule has 3 aromatic heterocycles. The fourth-order valence-corrected chi connectivity index (χ4v) is 1.90. The number of tetrazole rings is 1. The molecule has 0 saturated carbocycles. The Bertz CT molecular complexity index is 760. The standard InChI is InChI=1S/C11H12N8O/c1-6-3-10-12-4-8(7(2)19(10)16-6)11(20)13-5-9-14-17-18-15-9/h3-4H,5H2,1-2H3,(H,13,20)(H,14,15,17,18). The molecule has 1 amide bonds. The number of carbonyl (C=O) groups excluding carboxylic acids is 1. The SMILES string of the molecule is Cc1cc2ncc(C(=O)NCc3nn[nH]n3)c(C)n2n1. The summed E-state index contributed by atoms with van der Waals surface area (Å²) in [7, 11) is 0. The molecule has 20 heavy (non-hydrogen) atoms. The third-order valence-electron chi connectivity index (χ3n) is 2.89. The number of H-pyrrole nitrogens is 1. The third-order valence-corrected chi connectivity index (χ3v) is 2.89. The minimum absolute atomic E-state index is 0.199. The molecule has 0 spiro atoms. The molecule has 9 heteroatoms. The van der Waals surface area contributed by atoms with E-state index in [9.17, 15) is 4.79 Å². The van der Waals surface area contributed by atoms with Gasteiger partial charge in [0, 0.05) is 12.3 Å². The van der Waals surface area contributed by atoms with Crippen molar-refractivity contribution in [2.75, 3.05) is 0 Å². The number of aromatic amines is 1. The topological polar surface area (TPSA) is 114 Å². The molecule has 9 nitrogen and oxygen atoms in total. The summed E-state index contributed by atoms with van der Waals surface area (Å²) in [5.74, 6) is 0.162. The van der Waals surface area contributed by atoms with Crippen LogP contribution in [-0.2, 0) is 6.54 Å². The van der Waals surface area contributed by atoms with Gasteiger partial charge in [0.05, 0.1) is 23.5 Å². The summed E-state index contributed by atoms with van der Waals surface area (Å²) in [4.78, 5) is 16.4. The van der Waals surface area contributed by atoms with E-state index < -0.39 is 0 Å². The van der Waals surface area contributed by atoms with Crippen molar-refractivity contribution >= 4 is 11.6 Å². The molecule has 2 N–H and O–H groups in total. The van der Waals surface area contributed by atoms with Crippen molar-refractivity contribution in [3.63, 3.8) is 0 Å². The van der Waals surface area contributed by atoms with Gasteiger partial charge in [0.1, 0.15) is 0 Å². The summed E-state index contributed by atoms with van der Waals surface area (Å²) < 4.78 is 1.65. The van der Waals surface area contributed by atoms with Crippen LogP contribution in [0.4, 0.5) is 0 Å². The Labute approximate surface area is 113 Å². The van der Waals surface area contributed by atoms with Crippen LogP contribution < -0.4 is 5.32 Å². The molecule has 3 aromatic rings. The molecule has 0 aromatic carbocycles. The van der Waals surface area contributed by atoms with Crippen molar-refractivity contribution < 1.29 is 4.79 Å². The summed E-state index contributed by atoms with van der Waals surface area (Å²) in [5, 5.41) is 20.3. The van der Waals surface area contributed by atoms with E-state index in [1.165, 1.54) is 6.20 Å². The second-order valence-corrected chi connectivity index (χ2v) is 4.32. The molecule has 0 saturated heterocycles. The maximum Gasteiger partial charge on any atom is 0.255 e. The average molecular weight is 272 g/mol. The van der Waals surface area contributed by atoms with E-state index in [-0.39, 0.29) is 12.5 Å². The van der Waals surface area contributed by atoms with Crippen LogP contribution in [0.3, 0.4) is 0 Å². The zero-order chi connectivity index (χ0) is 14.1. The lowest BCUT2D eigenvalue weighted by Crippen LogP contribution is -2.25. The largest absolute Gasteiger partial charge is 0.344 e. The number of hydrogen-bond donors (Lipinski definition) is 2. The number of amides is 1. The minimum atomic E-state index is -0.255. The number of aryl methyl sites for hydroxylation is 2. The summed E-state index contributed by atoms with van der Waals surface area (Å²) in [6.45, 7) is 3.90. The first kappa shape index (κ1) is 12.2. The van der Waals surface area contributed by atoms with Crippen molar-refractivity contribution in [3.8, 4) is 0 Å². The van der Waals surface area contributed by atoms with Gasteiger partial charge in [0.2, 0.25) is 0 Å². The van der Waals surface area contributed by atoms with Crippen LogP contribution in [0.25, 0.3) is 5.65 Å². The zero-order valence-corrected chi connectivity index (χ0v) is 11.0. The van der Waals surface area contributed by atoms with Gasteiger partial charge in [-0.1, -0.05) is 5.21 Å². The van der Waals surface area contributed by atoms with Gasteiger partial charge in [0.15, 0.2) is 11.5 Å². The molecular weight excluding hydrogens is 260 g/mol. The number of carbonyl (C=O) groups is 1. The lowest BCUT2D eigenvalue weighted by molar-refractivity contribution is 0.0948. The van der Waals surface area contributed by atoms with Gasteiger partial charge in [-0.15, -0.1) is 10.2 Å². The van der Waals surface area contributed by atoms with Crippen LogP contribution in [0.15, 0.2) is 12.3 Å². The van der Waals surface area contributed by atoms with E-state index in [4.69, 9.17) is 0 Å². The highest BCUT2D eigenvalue weighted by molar-refractivity contribution is 5.95. The van der Waals surface area contributed by atoms with Crippen LogP contribution in [0, 0.1) is 13.8 Å². The maximum atomic E-state index is 12.1. The Morgan fingerprint density at radius 1 is 1.45 bits per heavy atom. The molecule has 3 heterocycles. The zero-order valence-electron chi connectivity index (χ0n) is 11.0. The summed E-state index contributed by atoms with van der Waals surface area (Å²) in [6, 6.07) is 1.86. The number of rotatable bonds is 3. The second kappa shape index (κ2) is 4.68. The first-order chi connectivity index (χ1) is 9.65. The van der Waals surface area contributed by atoms with E-state index in [0.717, 1.165) is 17.0 Å². The van der Waals surface area contributed by atoms with Gasteiger partial charge >= 0.3 is 0 Å². The van der Waals surface area contributed by atoms with E-state index in [2.05, 4.69) is 36.0 Å². The highest BCUT2D eigenvalue weighted by Gasteiger charge is 2.14. The average Bonchev–Trinajstić information content (AvgIpc) is 3.05. The third kappa shape index (κ3) is 2.09. The Balaban J connectivity index is 1.85. The van der Waals surface area contributed by atoms with Crippen molar-refractivity contribution in [1.82, 2.24) is 40.5 Å². The van der Waals surface area contributed by atoms with Gasteiger partial charge in [-0.3, -0.25) is 4.79 Å². The quantitative estimate of drug-likeness (QED) is 0.682. The maximum absolute atomic E-state index is 12.1. The predicted molar refractivity (Wildman–Crippen MR) is 67.8 cm³/mol. The normalized spacial score (nSPS) is 10.9. The van der Waals surface area contributed by atoms with Crippen molar-refractivity contribution in [3.05, 3.63) is 35.0 Å². The van der Waals surface area contributed by atoms with Gasteiger partial charge in [0.25, 0.3) is 5.91 Å². The fraction of sp³-hybridized carbons (Fsp3) is 0.273. The second-order valence-electron chi connectivity index (χ2n) is 4.32. The fourth-order valence-electron chi connectivity index (χ4n) is 1.90. The highest BCUT2D eigenvalue weighted by Crippen LogP contribution is 2.10. The Hall–Kier alpha value is -2.84. The molecule has 0 aliphatic carbocycles. The summed E-state index contributed by atoms with van der Waals surface area (Å²) in [6.07, 6.45) is 1.54. The monoisotopic (exact) mass is 272 g/mol. The molecule has 0 aliphatic rings. The highest BCUT2D eigenvalue weighted by atomic mass is 16.1. The van der Waals surface area contributed by atoms with Crippen LogP contribution in [-0.4, -0.2) is 41.1 Å². The molecular formula is C11H12N8O. The van der Waals surface area contributed by atoms with Crippen LogP contribution in [0.2, 0.25) is 0 Å². The van der Waals surface area contributed by atoms with E-state index in [1.54, 1.807) is 4.52 Å². The number of fused-ring (bicyclic) bond motifs is 1. The molecule has 0 atom stereocenters. The van der Waals surface area contributed by atoms with E-state index in [0.29, 0.717) is 11.4 Å². The van der Waals surface area contributed by atoms with Crippen LogP contribution in [0.5, 0.6) is 0 Å². The van der Waals surface area contributed by atoms with E-state index >= 15 is 0 Å². The van der Waals surface area contributed by atoms with Crippen molar-refractivity contribution in [2.24, 2.45) is 0 Å². The molecule has 0 fully saturated rings. The number of hydrogen-bond acceptors (Lipinski definition) is 6. The Morgan fingerprint density at radius 3 is 3.05 bits per heavy atom. The van der Waals surface area contributed by atoms with Crippen molar-refractivity contribution in [1.29, 1.82) is 0 Å². The number of nitrogens with zero attached hydrogens (tertiary/aromatic N) is 6. The molecule has 3 rings (SSSR count). The number of nitrogens with one attached hydrogen (secondary N) is 2. The first-order valence-electron chi connectivity index (χ1n) is 5.97. The number of aromatic nitrogens is 7. The van der Waals surface area contributed by atoms with Gasteiger partial charge < -0.3 is 5.32 Å². The summed E-state index contributed by atoms with van der Waals surface area (Å²) in [5.41, 5.74) is 2.76. The van der Waals surface area contributed by atoms with Crippen LogP contribution in [0.1, 0.15) is 27.6 Å². The van der Waals surface area contributed by atoms with Crippen molar-refractivity contribution in [2.45, 2.75) is 20.4 Å². The van der Waals surface area contributed by atoms with Gasteiger partial charge in [-0.05, 0) is 13.8 Å². The predicted octanol–water partition coefficient (Wildman–Crippen LogP) is -0.211. The van der Waals surface area contributed by atoms with Gasteiger partial charge in [-0.25, -0.2) is 9.50 Å². The molecule has 102 valence electrons. The van der Waals surface area contributed by atoms with Crippen LogP contribution >= 0.6 is 0 Å². The first-order valence-corrected chi connectivity index (χ1v) is 5.97. The molecule has 0 bridgehead atoms. The lowest BCUT2D eigenvalue weighted by Gasteiger charge is -2.07.